The normalized spacial score (nSPS) is 11.4. The van der Waals surface area contributed by atoms with Crippen molar-refractivity contribution in [3.8, 4) is 0 Å². The molecule has 56 valence electrons. The van der Waals surface area contributed by atoms with Crippen molar-refractivity contribution >= 4 is 5.97 Å². The van der Waals surface area contributed by atoms with E-state index in [1.54, 1.807) is 0 Å². The van der Waals surface area contributed by atoms with Crippen LogP contribution < -0.4 is 0 Å². The van der Waals surface area contributed by atoms with Gasteiger partial charge in [-0.15, -0.1) is 0 Å². The maximum absolute atomic E-state index is 10.2. The Morgan fingerprint density at radius 2 is 2.10 bits per heavy atom. The molecule has 0 amide bonds. The van der Waals surface area contributed by atoms with E-state index in [0.717, 1.165) is 6.42 Å². The summed E-state index contributed by atoms with van der Waals surface area (Å²) in [6.07, 6.45) is 0.838. The van der Waals surface area contributed by atoms with Gasteiger partial charge in [0.05, 0.1) is 0 Å². The minimum Gasteiger partial charge on any atom is -0.478 e. The van der Waals surface area contributed by atoms with Crippen molar-refractivity contribution in [2.45, 2.75) is 20.3 Å². The van der Waals surface area contributed by atoms with Gasteiger partial charge in [0.25, 0.3) is 0 Å². The Morgan fingerprint density at radius 1 is 1.70 bits per heavy atom. The van der Waals surface area contributed by atoms with Gasteiger partial charge >= 0.3 is 5.97 Å². The van der Waals surface area contributed by atoms with Crippen LogP contribution in [0.3, 0.4) is 0 Å². The fraction of sp³-hybridized carbons (Fsp3) is 0.571. The minimum atomic E-state index is -0.885. The zero-order valence-corrected chi connectivity index (χ0v) is 8.81. The van der Waals surface area contributed by atoms with Crippen LogP contribution in [0.4, 0.5) is 0 Å². The predicted octanol–water partition coefficient (Wildman–Crippen LogP) is 1.67. The van der Waals surface area contributed by atoms with Crippen LogP contribution in [-0.2, 0) is 31.0 Å². The number of carboxylic acids is 1. The van der Waals surface area contributed by atoms with Crippen molar-refractivity contribution in [2.24, 2.45) is 5.92 Å². The number of rotatable bonds is 3. The van der Waals surface area contributed by atoms with Gasteiger partial charge in [-0.25, -0.2) is 4.79 Å². The van der Waals surface area contributed by atoms with E-state index in [1.165, 1.54) is 0 Å². The number of carboxylic acid groups (broad SMARTS) is 1. The van der Waals surface area contributed by atoms with Crippen molar-refractivity contribution in [3.05, 3.63) is 12.2 Å². The number of hydrogen-bond acceptors (Lipinski definition) is 1. The van der Waals surface area contributed by atoms with Gasteiger partial charge in [-0.05, 0) is 12.3 Å². The molecule has 2 nitrogen and oxygen atoms in total. The second-order valence-corrected chi connectivity index (χ2v) is 2.14. The monoisotopic (exact) mass is 218 g/mol. The first-order valence-electron chi connectivity index (χ1n) is 3.01. The van der Waals surface area contributed by atoms with E-state index in [0.29, 0.717) is 5.57 Å². The molecule has 0 rings (SSSR count). The van der Waals surface area contributed by atoms with E-state index in [1.807, 2.05) is 13.8 Å². The van der Waals surface area contributed by atoms with Crippen LogP contribution in [0, 0.1) is 5.92 Å². The summed E-state index contributed by atoms with van der Waals surface area (Å²) in [5.41, 5.74) is 0.303. The predicted molar refractivity (Wildman–Crippen MR) is 36.2 cm³/mol. The molecule has 1 atom stereocenters. The smallest absolute Gasteiger partial charge is 0.331 e. The van der Waals surface area contributed by atoms with Crippen LogP contribution in [0.1, 0.15) is 20.3 Å². The molecular weight excluding hydrogens is 207 g/mol. The molecule has 3 heteroatoms. The minimum absolute atomic E-state index is 0. The maximum Gasteiger partial charge on any atom is 0.331 e. The average Bonchev–Trinajstić information content (AvgIpc) is 1.84. The van der Waals surface area contributed by atoms with Gasteiger partial charge in [0.15, 0.2) is 0 Å². The zero-order chi connectivity index (χ0) is 7.44. The Morgan fingerprint density at radius 3 is 2.20 bits per heavy atom. The number of hydrogen-bond donors (Lipinski definition) is 1. The first kappa shape index (κ1) is 12.7. The fourth-order valence-corrected chi connectivity index (χ4v) is 0.457. The summed E-state index contributed by atoms with van der Waals surface area (Å²) in [5, 5.41) is 8.38. The summed E-state index contributed by atoms with van der Waals surface area (Å²) >= 11 is 0. The van der Waals surface area contributed by atoms with Crippen molar-refractivity contribution in [1.29, 1.82) is 0 Å². The Hall–Kier alpha value is 0.0931. The maximum atomic E-state index is 10.2. The number of aliphatic carboxylic acids is 1. The molecular formula is C7H12O2Zr. The zero-order valence-electron chi connectivity index (χ0n) is 6.35. The van der Waals surface area contributed by atoms with Gasteiger partial charge in [0.1, 0.15) is 0 Å². The third kappa shape index (κ3) is 4.00. The average molecular weight is 219 g/mol. The number of carbonyl (C=O) groups is 1. The van der Waals surface area contributed by atoms with E-state index < -0.39 is 5.97 Å². The van der Waals surface area contributed by atoms with Crippen LogP contribution >= 0.6 is 0 Å². The van der Waals surface area contributed by atoms with Gasteiger partial charge in [-0.1, -0.05) is 20.4 Å². The van der Waals surface area contributed by atoms with E-state index in [4.69, 9.17) is 5.11 Å². The molecule has 0 aromatic rings. The summed E-state index contributed by atoms with van der Waals surface area (Å²) in [7, 11) is 0. The van der Waals surface area contributed by atoms with Crippen LogP contribution in [0.5, 0.6) is 0 Å². The van der Waals surface area contributed by atoms with Gasteiger partial charge in [0, 0.05) is 31.8 Å². The van der Waals surface area contributed by atoms with E-state index in [9.17, 15) is 4.79 Å². The third-order valence-electron chi connectivity index (χ3n) is 1.48. The van der Waals surface area contributed by atoms with Crippen LogP contribution in [-0.4, -0.2) is 11.1 Å². The van der Waals surface area contributed by atoms with Crippen LogP contribution in [0.15, 0.2) is 12.2 Å². The molecule has 10 heavy (non-hydrogen) atoms. The van der Waals surface area contributed by atoms with Crippen molar-refractivity contribution in [1.82, 2.24) is 0 Å². The van der Waals surface area contributed by atoms with Gasteiger partial charge in [-0.3, -0.25) is 0 Å². The molecule has 0 radical (unpaired) electrons. The summed E-state index contributed by atoms with van der Waals surface area (Å²) in [4.78, 5) is 10.2. The molecule has 0 saturated heterocycles. The fourth-order valence-electron chi connectivity index (χ4n) is 0.457. The van der Waals surface area contributed by atoms with E-state index in [2.05, 4.69) is 6.58 Å². The second-order valence-electron chi connectivity index (χ2n) is 2.14. The second kappa shape index (κ2) is 5.85. The van der Waals surface area contributed by atoms with E-state index in [-0.39, 0.29) is 32.1 Å². The van der Waals surface area contributed by atoms with Gasteiger partial charge < -0.3 is 5.11 Å². The molecule has 0 spiro atoms. The summed E-state index contributed by atoms with van der Waals surface area (Å²) in [6, 6.07) is 0. The van der Waals surface area contributed by atoms with Crippen LogP contribution in [0.25, 0.3) is 0 Å². The first-order chi connectivity index (χ1) is 4.09. The molecule has 0 fully saturated rings. The SMILES string of the molecule is C=C(C(=O)O)C(C)CC.[Zr]. The molecule has 0 aliphatic heterocycles. The van der Waals surface area contributed by atoms with Gasteiger partial charge in [0.2, 0.25) is 0 Å². The molecule has 1 N–H and O–H groups in total. The van der Waals surface area contributed by atoms with Crippen molar-refractivity contribution in [2.75, 3.05) is 0 Å². The topological polar surface area (TPSA) is 37.3 Å². The Kier molecular flexibility index (Phi) is 7.45. The van der Waals surface area contributed by atoms with Crippen molar-refractivity contribution < 1.29 is 36.1 Å². The molecule has 0 heterocycles. The Balaban J connectivity index is 0. The van der Waals surface area contributed by atoms with E-state index >= 15 is 0 Å². The Labute approximate surface area is 80.4 Å². The molecule has 0 bridgehead atoms. The molecule has 0 aromatic heterocycles. The van der Waals surface area contributed by atoms with Gasteiger partial charge in [-0.2, -0.15) is 0 Å². The van der Waals surface area contributed by atoms with Crippen LogP contribution in [0.2, 0.25) is 0 Å². The summed E-state index contributed by atoms with van der Waals surface area (Å²) in [6.45, 7) is 7.23. The third-order valence-corrected chi connectivity index (χ3v) is 1.48. The molecule has 0 aromatic carbocycles. The summed E-state index contributed by atoms with van der Waals surface area (Å²) < 4.78 is 0. The molecule has 1 unspecified atom stereocenters. The quantitative estimate of drug-likeness (QED) is 0.733. The largest absolute Gasteiger partial charge is 0.478 e. The van der Waals surface area contributed by atoms with Crippen molar-refractivity contribution in [3.63, 3.8) is 0 Å². The first-order valence-corrected chi connectivity index (χ1v) is 3.01. The standard InChI is InChI=1S/C7H12O2.Zr/c1-4-5(2)6(3)7(8)9;/h5H,3-4H2,1-2H3,(H,8,9);. The molecule has 0 aliphatic rings. The molecule has 0 aliphatic carbocycles. The Bertz CT molecular complexity index is 132. The summed E-state index contributed by atoms with van der Waals surface area (Å²) in [5.74, 6) is -0.785. The molecule has 0 saturated carbocycles.